The smallest absolute Gasteiger partial charge is 0.322 e. The molecule has 0 saturated carbocycles. The van der Waals surface area contributed by atoms with Crippen LogP contribution in [-0.4, -0.2) is 0 Å². The number of hydrogen-bond acceptors (Lipinski definition) is 2. The Hall–Kier alpha value is -5.30. The van der Waals surface area contributed by atoms with Crippen molar-refractivity contribution in [2.24, 2.45) is 11.5 Å². The van der Waals surface area contributed by atoms with Gasteiger partial charge in [-0.15, -0.1) is 0 Å². The molecule has 0 saturated heterocycles. The maximum absolute atomic E-state index is 7.63. The summed E-state index contributed by atoms with van der Waals surface area (Å²) in [5, 5.41) is 13.1. The van der Waals surface area contributed by atoms with Crippen LogP contribution in [0.15, 0.2) is 243 Å². The van der Waals surface area contributed by atoms with Gasteiger partial charge in [-0.25, -0.2) is 0 Å². The van der Waals surface area contributed by atoms with Crippen LogP contribution in [0.25, 0.3) is 32.7 Å². The van der Waals surface area contributed by atoms with Crippen molar-refractivity contribution in [2.45, 2.75) is 12.1 Å². The van der Waals surface area contributed by atoms with E-state index in [1.54, 1.807) is 0 Å². The normalized spacial score (nSPS) is 12.0. The van der Waals surface area contributed by atoms with Gasteiger partial charge >= 0.3 is 19.5 Å². The van der Waals surface area contributed by atoms with E-state index in [2.05, 4.69) is 182 Å². The van der Waals surface area contributed by atoms with Gasteiger partial charge in [0.25, 0.3) is 0 Å². The van der Waals surface area contributed by atoms with Gasteiger partial charge in [0.15, 0.2) is 0 Å². The molecule has 65 heavy (non-hydrogen) atoms. The molecule has 0 heterocycles. The van der Waals surface area contributed by atoms with Crippen molar-refractivity contribution in [3.8, 4) is 11.1 Å². The van der Waals surface area contributed by atoms with Crippen molar-refractivity contribution in [3.63, 3.8) is 0 Å². The molecule has 0 unspecified atom stereocenters. The molecule has 0 radical (unpaired) electrons. The van der Waals surface area contributed by atoms with Crippen molar-refractivity contribution < 1.29 is 19.5 Å². The second-order valence-corrected chi connectivity index (χ2v) is 20.6. The first-order chi connectivity index (χ1) is 31.5. The molecule has 0 aliphatic carbocycles. The van der Waals surface area contributed by atoms with E-state index in [-0.39, 0.29) is 31.6 Å². The summed E-state index contributed by atoms with van der Waals surface area (Å²) in [7, 11) is -2.05. The molecule has 10 aromatic carbocycles. The molecule has 10 aromatic rings. The number of fused-ring (bicyclic) bond motifs is 2. The second-order valence-electron chi connectivity index (χ2n) is 15.5. The molecule has 0 aliphatic rings. The molecule has 0 aliphatic heterocycles. The number of nitrogens with two attached hydrogens (primary N) is 2. The average Bonchev–Trinajstić information content (AvgIpc) is 3.37. The van der Waals surface area contributed by atoms with Gasteiger partial charge in [0.1, 0.15) is 0 Å². The van der Waals surface area contributed by atoms with Gasteiger partial charge in [0.2, 0.25) is 0 Å². The Morgan fingerprint density at radius 1 is 0.323 bits per heavy atom. The van der Waals surface area contributed by atoms with E-state index in [0.29, 0.717) is 10.0 Å². The van der Waals surface area contributed by atoms with Crippen LogP contribution in [0.1, 0.15) is 23.2 Å². The van der Waals surface area contributed by atoms with Crippen LogP contribution in [0.2, 0.25) is 10.0 Å². The zero-order chi connectivity index (χ0) is 43.8. The van der Waals surface area contributed by atoms with Crippen LogP contribution in [-0.2, 0) is 19.5 Å². The fourth-order valence-corrected chi connectivity index (χ4v) is 14.2. The molecule has 0 fully saturated rings. The number of hydrogen-bond donors (Lipinski definition) is 2. The van der Waals surface area contributed by atoms with Crippen LogP contribution in [0.3, 0.4) is 0 Å². The maximum Gasteiger partial charge on any atom is 2.00 e. The standard InChI is InChI=1S/C44H30Cl2P2.C14H16N2.Ru/c45-42-38-28-16-15-27-37(38)41(44(43(42)46)48(34-22-9-3-10-23-34)35-24-11-4-12-25-35)40-36-26-14-13-17-31(36)29-30-39(40)47(32-18-5-1-6-19-32)33-20-7-2-8-21-33;15-13(11-7-3-1-4-8-11)14(16)12-9-5-2-6-10-12;/h1-30H;1-10,13-14H,15-16H2;/q;;+2/t;13-,14-;/m.0./s1. The summed E-state index contributed by atoms with van der Waals surface area (Å²) < 4.78 is 0. The fraction of sp³-hybridized carbons (Fsp3) is 0.0345. The third-order valence-corrected chi connectivity index (χ3v) is 17.5. The third-order valence-electron chi connectivity index (χ3n) is 11.5. The molecule has 2 atom stereocenters. The molecule has 0 aromatic heterocycles. The van der Waals surface area contributed by atoms with E-state index in [4.69, 9.17) is 34.7 Å². The minimum Gasteiger partial charge on any atom is -0.322 e. The minimum absolute atomic E-state index is 0. The Morgan fingerprint density at radius 2 is 0.677 bits per heavy atom. The van der Waals surface area contributed by atoms with Crippen molar-refractivity contribution >= 4 is 92.4 Å². The molecule has 4 N–H and O–H groups in total. The van der Waals surface area contributed by atoms with Crippen LogP contribution < -0.4 is 43.3 Å². The number of halogens is 2. The topological polar surface area (TPSA) is 52.0 Å². The Kier molecular flexibility index (Phi) is 15.5. The summed E-state index contributed by atoms with van der Waals surface area (Å²) in [5.41, 5.74) is 16.8. The van der Waals surface area contributed by atoms with Gasteiger partial charge in [-0.3, -0.25) is 0 Å². The van der Waals surface area contributed by atoms with Crippen molar-refractivity contribution in [2.75, 3.05) is 0 Å². The zero-order valence-corrected chi connectivity index (χ0v) is 40.4. The second kappa shape index (κ2) is 21.8. The van der Waals surface area contributed by atoms with E-state index in [1.807, 2.05) is 60.7 Å². The van der Waals surface area contributed by atoms with Gasteiger partial charge in [0, 0.05) is 28.3 Å². The maximum atomic E-state index is 7.63. The minimum atomic E-state index is -1.11. The summed E-state index contributed by atoms with van der Waals surface area (Å²) in [6, 6.07) is 84.9. The van der Waals surface area contributed by atoms with Gasteiger partial charge in [-0.1, -0.05) is 266 Å². The first kappa shape index (κ1) is 46.2. The van der Waals surface area contributed by atoms with Crippen LogP contribution in [0, 0.1) is 0 Å². The Morgan fingerprint density at radius 3 is 1.12 bits per heavy atom. The van der Waals surface area contributed by atoms with Gasteiger partial charge < -0.3 is 11.5 Å². The molecule has 318 valence electrons. The Balaban J connectivity index is 0.000000287. The van der Waals surface area contributed by atoms with Gasteiger partial charge in [-0.2, -0.15) is 0 Å². The van der Waals surface area contributed by atoms with Crippen LogP contribution in [0.5, 0.6) is 0 Å². The first-order valence-corrected chi connectivity index (χ1v) is 24.8. The van der Waals surface area contributed by atoms with Gasteiger partial charge in [0.05, 0.1) is 10.0 Å². The van der Waals surface area contributed by atoms with Gasteiger partial charge in [-0.05, 0) is 75.2 Å². The monoisotopic (exact) mass is 1000 g/mol. The van der Waals surface area contributed by atoms with E-state index < -0.39 is 15.8 Å². The molecule has 0 spiro atoms. The first-order valence-electron chi connectivity index (χ1n) is 21.3. The molecule has 10 rings (SSSR count). The summed E-state index contributed by atoms with van der Waals surface area (Å²) in [6.45, 7) is 0. The molecule has 7 heteroatoms. The van der Waals surface area contributed by atoms with E-state index >= 15 is 0 Å². The molecule has 0 bridgehead atoms. The summed E-state index contributed by atoms with van der Waals surface area (Å²) in [5.74, 6) is 0. The molecular weight excluding hydrogens is 959 g/mol. The molecular formula is C58H46Cl2N2P2Ru+2. The zero-order valence-electron chi connectivity index (χ0n) is 35.4. The molecule has 0 amide bonds. The van der Waals surface area contributed by atoms with E-state index in [9.17, 15) is 0 Å². The summed E-state index contributed by atoms with van der Waals surface area (Å²) in [6.07, 6.45) is 0. The summed E-state index contributed by atoms with van der Waals surface area (Å²) >= 11 is 14.9. The summed E-state index contributed by atoms with van der Waals surface area (Å²) in [4.78, 5) is 0. The SMILES string of the molecule is Clc1c(P(c2ccccc2)c2ccccc2)c(-c2c(P(c3ccccc3)c3ccccc3)ccc3ccccc23)c2ccccc2c1Cl.N[C@@H](c1ccccc1)[C@@H](N)c1ccccc1.[Ru+2]. The Bertz CT molecular complexity index is 2990. The predicted molar refractivity (Wildman–Crippen MR) is 281 cm³/mol. The van der Waals surface area contributed by atoms with Crippen molar-refractivity contribution in [3.05, 3.63) is 264 Å². The van der Waals surface area contributed by atoms with E-state index in [0.717, 1.165) is 32.8 Å². The Labute approximate surface area is 407 Å². The van der Waals surface area contributed by atoms with Crippen LogP contribution >= 0.6 is 39.0 Å². The fourth-order valence-electron chi connectivity index (χ4n) is 8.43. The quantitative estimate of drug-likeness (QED) is 0.106. The largest absolute Gasteiger partial charge is 2.00 e. The van der Waals surface area contributed by atoms with E-state index in [1.165, 1.54) is 42.9 Å². The number of rotatable bonds is 10. The average molecular weight is 1000 g/mol. The molecule has 2 nitrogen and oxygen atoms in total. The van der Waals surface area contributed by atoms with Crippen molar-refractivity contribution in [1.29, 1.82) is 0 Å². The third kappa shape index (κ3) is 9.95. The van der Waals surface area contributed by atoms with Crippen molar-refractivity contribution in [1.82, 2.24) is 0 Å². The predicted octanol–water partition coefficient (Wildman–Crippen LogP) is 12.9. The number of benzene rings is 10. The van der Waals surface area contributed by atoms with Crippen LogP contribution in [0.4, 0.5) is 0 Å².